The van der Waals surface area contributed by atoms with Crippen molar-refractivity contribution in [2.24, 2.45) is 0 Å². The lowest BCUT2D eigenvalue weighted by molar-refractivity contribution is -0.138. The van der Waals surface area contributed by atoms with Crippen LogP contribution in [0.4, 0.5) is 5.69 Å². The molecule has 1 atom stereocenters. The van der Waals surface area contributed by atoms with E-state index in [2.05, 4.69) is 5.32 Å². The average Bonchev–Trinajstić information content (AvgIpc) is 2.82. The Kier molecular flexibility index (Phi) is 10.9. The number of carbonyl (C=O) groups is 2. The summed E-state index contributed by atoms with van der Waals surface area (Å²) >= 11 is 6.20. The Morgan fingerprint density at radius 3 is 2.40 bits per heavy atom. The molecule has 0 aliphatic carbocycles. The van der Waals surface area contributed by atoms with E-state index >= 15 is 0 Å². The molecule has 0 aliphatic heterocycles. The van der Waals surface area contributed by atoms with Gasteiger partial charge in [-0.3, -0.25) is 13.9 Å². The monoisotopic (exact) mass is 523 g/mol. The molecule has 0 fully saturated rings. The van der Waals surface area contributed by atoms with Gasteiger partial charge in [0.2, 0.25) is 21.8 Å². The first-order chi connectivity index (χ1) is 16.6. The van der Waals surface area contributed by atoms with Crippen LogP contribution in [-0.2, 0) is 26.0 Å². The van der Waals surface area contributed by atoms with E-state index in [9.17, 15) is 18.0 Å². The summed E-state index contributed by atoms with van der Waals surface area (Å²) in [6.07, 6.45) is 3.30. The second kappa shape index (κ2) is 13.3. The largest absolute Gasteiger partial charge is 0.495 e. The minimum atomic E-state index is -3.83. The van der Waals surface area contributed by atoms with Gasteiger partial charge in [-0.25, -0.2) is 8.42 Å². The van der Waals surface area contributed by atoms with E-state index in [1.165, 1.54) is 30.2 Å². The van der Waals surface area contributed by atoms with Gasteiger partial charge < -0.3 is 15.0 Å². The molecule has 10 heteroatoms. The fourth-order valence-electron chi connectivity index (χ4n) is 3.53. The maximum atomic E-state index is 13.5. The summed E-state index contributed by atoms with van der Waals surface area (Å²) in [6, 6.07) is 13.3. The number of unbranched alkanes of at least 4 members (excludes halogenated alkanes) is 1. The predicted octanol–water partition coefficient (Wildman–Crippen LogP) is 3.49. The number of hydrogen-bond acceptors (Lipinski definition) is 5. The summed E-state index contributed by atoms with van der Waals surface area (Å²) in [4.78, 5) is 27.7. The van der Waals surface area contributed by atoms with Gasteiger partial charge in [-0.1, -0.05) is 55.3 Å². The number of halogens is 1. The van der Waals surface area contributed by atoms with Crippen molar-refractivity contribution in [3.63, 3.8) is 0 Å². The van der Waals surface area contributed by atoms with Crippen molar-refractivity contribution in [2.45, 2.75) is 39.2 Å². The van der Waals surface area contributed by atoms with Crippen molar-refractivity contribution >= 4 is 39.1 Å². The van der Waals surface area contributed by atoms with Crippen LogP contribution in [0.2, 0.25) is 5.02 Å². The molecule has 2 amide bonds. The van der Waals surface area contributed by atoms with Crippen molar-refractivity contribution < 1.29 is 22.7 Å². The Morgan fingerprint density at radius 1 is 1.14 bits per heavy atom. The van der Waals surface area contributed by atoms with Crippen molar-refractivity contribution in [3.8, 4) is 5.75 Å². The van der Waals surface area contributed by atoms with Crippen molar-refractivity contribution in [1.29, 1.82) is 0 Å². The molecule has 0 aromatic heterocycles. The summed E-state index contributed by atoms with van der Waals surface area (Å²) in [5, 5.41) is 3.07. The molecule has 0 heterocycles. The Hall–Kier alpha value is -2.78. The molecule has 2 rings (SSSR count). The van der Waals surface area contributed by atoms with Crippen molar-refractivity contribution in [1.82, 2.24) is 10.2 Å². The van der Waals surface area contributed by atoms with Gasteiger partial charge in [-0.05, 0) is 43.5 Å². The maximum absolute atomic E-state index is 13.5. The van der Waals surface area contributed by atoms with Gasteiger partial charge in [0.1, 0.15) is 18.3 Å². The van der Waals surface area contributed by atoms with Crippen LogP contribution < -0.4 is 14.4 Å². The van der Waals surface area contributed by atoms with Gasteiger partial charge in [-0.15, -0.1) is 0 Å². The lowest BCUT2D eigenvalue weighted by Crippen LogP contribution is -2.52. The van der Waals surface area contributed by atoms with Gasteiger partial charge in [0.25, 0.3) is 0 Å². The van der Waals surface area contributed by atoms with Crippen LogP contribution in [0.15, 0.2) is 48.5 Å². The normalized spacial score (nSPS) is 12.0. The Bertz CT molecular complexity index is 1100. The number of methoxy groups -OCH3 is 1. The first-order valence-electron chi connectivity index (χ1n) is 11.5. The van der Waals surface area contributed by atoms with Crippen LogP contribution in [0.25, 0.3) is 0 Å². The second-order valence-corrected chi connectivity index (χ2v) is 10.5. The van der Waals surface area contributed by atoms with Crippen LogP contribution in [-0.4, -0.2) is 64.2 Å². The third-order valence-electron chi connectivity index (χ3n) is 5.58. The van der Waals surface area contributed by atoms with E-state index in [-0.39, 0.29) is 23.2 Å². The molecule has 192 valence electrons. The van der Waals surface area contributed by atoms with Gasteiger partial charge >= 0.3 is 0 Å². The van der Waals surface area contributed by atoms with E-state index in [1.807, 2.05) is 37.3 Å². The van der Waals surface area contributed by atoms with Crippen LogP contribution in [0.1, 0.15) is 32.3 Å². The lowest BCUT2D eigenvalue weighted by Gasteiger charge is -2.31. The van der Waals surface area contributed by atoms with Crippen LogP contribution in [0.3, 0.4) is 0 Å². The van der Waals surface area contributed by atoms with Gasteiger partial charge in [-0.2, -0.15) is 0 Å². The lowest BCUT2D eigenvalue weighted by atomic mass is 10.1. The molecular formula is C25H34ClN3O5S. The molecule has 1 unspecified atom stereocenters. The first kappa shape index (κ1) is 28.5. The number of nitrogens with zero attached hydrogens (tertiary/aromatic N) is 2. The summed E-state index contributed by atoms with van der Waals surface area (Å²) in [5.74, 6) is -0.383. The average molecular weight is 524 g/mol. The zero-order valence-corrected chi connectivity index (χ0v) is 22.2. The minimum absolute atomic E-state index is 0.218. The number of hydrogen-bond donors (Lipinski definition) is 1. The highest BCUT2D eigenvalue weighted by atomic mass is 35.5. The molecule has 35 heavy (non-hydrogen) atoms. The molecule has 0 saturated carbocycles. The quantitative estimate of drug-likeness (QED) is 0.405. The first-order valence-corrected chi connectivity index (χ1v) is 13.7. The number of ether oxygens (including phenoxy) is 1. The number of anilines is 1. The molecular weight excluding hydrogens is 490 g/mol. The van der Waals surface area contributed by atoms with E-state index in [0.29, 0.717) is 18.7 Å². The fraction of sp³-hybridized carbons (Fsp3) is 0.440. The number of carbonyl (C=O) groups excluding carboxylic acids is 2. The third kappa shape index (κ3) is 8.43. The zero-order chi connectivity index (χ0) is 26.0. The standard InChI is InChI=1S/C25H34ClN3O5S/c1-5-6-15-27-25(31)19(2)28(16-14-20-10-8-7-9-11-20)24(30)18-29(35(4,32)33)21-12-13-23(34-3)22(26)17-21/h7-13,17,19H,5-6,14-16,18H2,1-4H3,(H,27,31). The molecule has 0 bridgehead atoms. The summed E-state index contributed by atoms with van der Waals surface area (Å²) < 4.78 is 31.4. The number of sulfonamides is 1. The van der Waals surface area contributed by atoms with Crippen molar-refractivity contribution in [3.05, 3.63) is 59.1 Å². The molecule has 2 aromatic rings. The SMILES string of the molecule is CCCCNC(=O)C(C)N(CCc1ccccc1)C(=O)CN(c1ccc(OC)c(Cl)c1)S(C)(=O)=O. The molecule has 2 aromatic carbocycles. The molecule has 0 aliphatic rings. The Balaban J connectivity index is 2.30. The minimum Gasteiger partial charge on any atom is -0.495 e. The molecule has 1 N–H and O–H groups in total. The highest BCUT2D eigenvalue weighted by Gasteiger charge is 2.30. The number of rotatable bonds is 13. The molecule has 0 radical (unpaired) electrons. The van der Waals surface area contributed by atoms with Gasteiger partial charge in [0.15, 0.2) is 0 Å². The van der Waals surface area contributed by atoms with Crippen molar-refractivity contribution in [2.75, 3.05) is 37.3 Å². The molecule has 8 nitrogen and oxygen atoms in total. The highest BCUT2D eigenvalue weighted by molar-refractivity contribution is 7.92. The molecule has 0 spiro atoms. The number of nitrogens with one attached hydrogen (secondary N) is 1. The summed E-state index contributed by atoms with van der Waals surface area (Å²) in [7, 11) is -2.37. The molecule has 0 saturated heterocycles. The van der Waals surface area contributed by atoms with E-state index in [1.54, 1.807) is 6.92 Å². The second-order valence-electron chi connectivity index (χ2n) is 8.23. The number of benzene rings is 2. The van der Waals surface area contributed by atoms with Crippen LogP contribution in [0.5, 0.6) is 5.75 Å². The van der Waals surface area contributed by atoms with Gasteiger partial charge in [0, 0.05) is 13.1 Å². The summed E-state index contributed by atoms with van der Waals surface area (Å²) in [6.45, 7) is 3.98. The third-order valence-corrected chi connectivity index (χ3v) is 7.02. The van der Waals surface area contributed by atoms with Crippen LogP contribution in [0, 0.1) is 0 Å². The maximum Gasteiger partial charge on any atom is 0.244 e. The summed E-state index contributed by atoms with van der Waals surface area (Å²) in [5.41, 5.74) is 1.24. The predicted molar refractivity (Wildman–Crippen MR) is 139 cm³/mol. The van der Waals surface area contributed by atoms with E-state index < -0.39 is 28.5 Å². The highest BCUT2D eigenvalue weighted by Crippen LogP contribution is 2.30. The Morgan fingerprint density at radius 2 is 1.83 bits per heavy atom. The number of amides is 2. The Labute approximate surface area is 213 Å². The zero-order valence-electron chi connectivity index (χ0n) is 20.7. The van der Waals surface area contributed by atoms with Crippen LogP contribution >= 0.6 is 11.6 Å². The van der Waals surface area contributed by atoms with E-state index in [4.69, 9.17) is 16.3 Å². The van der Waals surface area contributed by atoms with E-state index in [0.717, 1.165) is 29.0 Å². The fourth-order valence-corrected chi connectivity index (χ4v) is 4.62. The topological polar surface area (TPSA) is 96.0 Å². The van der Waals surface area contributed by atoms with Gasteiger partial charge in [0.05, 0.1) is 24.1 Å². The smallest absolute Gasteiger partial charge is 0.244 e.